The standard InChI is InChI=1S/C16H13Cl3N2O3/c1-8-2-3-10(6-12(8)18)21-14(22)7-24-16(23)11-4-9(17)5-13(19)15(11)20/h2-6H,7,20H2,1H3,(H,21,22). The second kappa shape index (κ2) is 7.75. The van der Waals surface area contributed by atoms with E-state index in [4.69, 9.17) is 45.3 Å². The minimum absolute atomic E-state index is 0.00122. The number of ether oxygens (including phenoxy) is 1. The third kappa shape index (κ3) is 4.54. The summed E-state index contributed by atoms with van der Waals surface area (Å²) < 4.78 is 4.93. The number of carbonyl (C=O) groups is 2. The number of hydrogen-bond acceptors (Lipinski definition) is 4. The lowest BCUT2D eigenvalue weighted by molar-refractivity contribution is -0.119. The molecule has 0 bridgehead atoms. The largest absolute Gasteiger partial charge is 0.452 e. The number of nitrogens with two attached hydrogens (primary N) is 1. The summed E-state index contributed by atoms with van der Waals surface area (Å²) in [6.45, 7) is 1.35. The van der Waals surface area contributed by atoms with Gasteiger partial charge in [0, 0.05) is 15.7 Å². The van der Waals surface area contributed by atoms with E-state index in [2.05, 4.69) is 5.32 Å². The summed E-state index contributed by atoms with van der Waals surface area (Å²) in [6.07, 6.45) is 0. The highest BCUT2D eigenvalue weighted by Gasteiger charge is 2.16. The van der Waals surface area contributed by atoms with E-state index in [1.165, 1.54) is 12.1 Å². The summed E-state index contributed by atoms with van der Waals surface area (Å²) in [5, 5.41) is 3.46. The number of esters is 1. The second-order valence-corrected chi connectivity index (χ2v) is 6.19. The van der Waals surface area contributed by atoms with E-state index in [1.807, 2.05) is 6.92 Å². The number of halogens is 3. The van der Waals surface area contributed by atoms with Crippen LogP contribution in [0.1, 0.15) is 15.9 Å². The van der Waals surface area contributed by atoms with Crippen LogP contribution < -0.4 is 11.1 Å². The van der Waals surface area contributed by atoms with Crippen molar-refractivity contribution in [1.29, 1.82) is 0 Å². The third-order valence-corrected chi connectivity index (χ3v) is 4.04. The van der Waals surface area contributed by atoms with E-state index in [1.54, 1.807) is 18.2 Å². The topological polar surface area (TPSA) is 81.4 Å². The van der Waals surface area contributed by atoms with Gasteiger partial charge in [0.1, 0.15) is 0 Å². The first-order valence-corrected chi connectivity index (χ1v) is 7.89. The molecule has 0 saturated heterocycles. The number of carbonyl (C=O) groups excluding carboxylic acids is 2. The van der Waals surface area contributed by atoms with Crippen molar-refractivity contribution in [3.05, 3.63) is 56.5 Å². The van der Waals surface area contributed by atoms with Crippen molar-refractivity contribution in [2.75, 3.05) is 17.7 Å². The van der Waals surface area contributed by atoms with Crippen LogP contribution >= 0.6 is 34.8 Å². The van der Waals surface area contributed by atoms with E-state index < -0.39 is 18.5 Å². The Labute approximate surface area is 153 Å². The first-order valence-electron chi connectivity index (χ1n) is 6.75. The van der Waals surface area contributed by atoms with Gasteiger partial charge in [0.25, 0.3) is 5.91 Å². The molecule has 0 atom stereocenters. The van der Waals surface area contributed by atoms with Crippen molar-refractivity contribution < 1.29 is 14.3 Å². The van der Waals surface area contributed by atoms with Crippen LogP contribution in [0.25, 0.3) is 0 Å². The number of aryl methyl sites for hydroxylation is 1. The Morgan fingerprint density at radius 3 is 2.50 bits per heavy atom. The Morgan fingerprint density at radius 1 is 1.12 bits per heavy atom. The number of benzene rings is 2. The van der Waals surface area contributed by atoms with Gasteiger partial charge in [0.05, 0.1) is 16.3 Å². The number of hydrogen-bond donors (Lipinski definition) is 2. The summed E-state index contributed by atoms with van der Waals surface area (Å²) in [6, 6.07) is 7.78. The van der Waals surface area contributed by atoms with Gasteiger partial charge in [-0.05, 0) is 36.8 Å². The van der Waals surface area contributed by atoms with Crippen molar-refractivity contribution in [2.45, 2.75) is 6.92 Å². The van der Waals surface area contributed by atoms with E-state index in [0.29, 0.717) is 10.7 Å². The zero-order valence-electron chi connectivity index (χ0n) is 12.5. The molecule has 0 heterocycles. The fraction of sp³-hybridized carbons (Fsp3) is 0.125. The maximum absolute atomic E-state index is 12.0. The molecular formula is C16H13Cl3N2O3. The molecule has 5 nitrogen and oxygen atoms in total. The Hall–Kier alpha value is -1.95. The van der Waals surface area contributed by atoms with Crippen LogP contribution in [-0.2, 0) is 9.53 Å². The van der Waals surface area contributed by atoms with Crippen LogP contribution in [0.2, 0.25) is 15.1 Å². The van der Waals surface area contributed by atoms with Gasteiger partial charge in [-0.25, -0.2) is 4.79 Å². The van der Waals surface area contributed by atoms with Crippen molar-refractivity contribution >= 4 is 58.1 Å². The Bertz CT molecular complexity index is 809. The molecule has 0 aromatic heterocycles. The molecule has 24 heavy (non-hydrogen) atoms. The molecule has 126 valence electrons. The van der Waals surface area contributed by atoms with Crippen molar-refractivity contribution in [2.24, 2.45) is 0 Å². The van der Waals surface area contributed by atoms with E-state index in [9.17, 15) is 9.59 Å². The van der Waals surface area contributed by atoms with Gasteiger partial charge in [-0.1, -0.05) is 40.9 Å². The molecular weight excluding hydrogens is 375 g/mol. The highest BCUT2D eigenvalue weighted by atomic mass is 35.5. The predicted octanol–water partition coefficient (Wildman–Crippen LogP) is 4.33. The van der Waals surface area contributed by atoms with Crippen molar-refractivity contribution in [3.8, 4) is 0 Å². The number of nitrogens with one attached hydrogen (secondary N) is 1. The SMILES string of the molecule is Cc1ccc(NC(=O)COC(=O)c2cc(Cl)cc(Cl)c2N)cc1Cl. The van der Waals surface area contributed by atoms with Crippen LogP contribution in [0.5, 0.6) is 0 Å². The maximum atomic E-state index is 12.0. The highest BCUT2D eigenvalue weighted by molar-refractivity contribution is 6.37. The molecule has 0 fully saturated rings. The molecule has 0 unspecified atom stereocenters. The van der Waals surface area contributed by atoms with Gasteiger partial charge in [0.15, 0.2) is 6.61 Å². The van der Waals surface area contributed by atoms with E-state index in [0.717, 1.165) is 5.56 Å². The monoisotopic (exact) mass is 386 g/mol. The molecule has 8 heteroatoms. The first-order chi connectivity index (χ1) is 11.3. The molecule has 2 aromatic rings. The maximum Gasteiger partial charge on any atom is 0.340 e. The van der Waals surface area contributed by atoms with Gasteiger partial charge in [-0.2, -0.15) is 0 Å². The fourth-order valence-corrected chi connectivity index (χ4v) is 2.50. The van der Waals surface area contributed by atoms with Gasteiger partial charge in [0.2, 0.25) is 0 Å². The third-order valence-electron chi connectivity index (χ3n) is 3.10. The Morgan fingerprint density at radius 2 is 1.83 bits per heavy atom. The van der Waals surface area contributed by atoms with Crippen LogP contribution in [0.15, 0.2) is 30.3 Å². The average molecular weight is 388 g/mol. The lowest BCUT2D eigenvalue weighted by Crippen LogP contribution is -2.21. The number of rotatable bonds is 4. The number of nitrogen functional groups attached to an aromatic ring is 1. The normalized spacial score (nSPS) is 10.3. The zero-order valence-corrected chi connectivity index (χ0v) is 14.8. The molecule has 2 rings (SSSR count). The van der Waals surface area contributed by atoms with Crippen molar-refractivity contribution in [1.82, 2.24) is 0 Å². The summed E-state index contributed by atoms with van der Waals surface area (Å²) in [4.78, 5) is 23.9. The van der Waals surface area contributed by atoms with Gasteiger partial charge < -0.3 is 15.8 Å². The Balaban J connectivity index is 1.98. The summed E-state index contributed by atoms with van der Waals surface area (Å²) in [5.41, 5.74) is 7.12. The molecule has 2 aromatic carbocycles. The fourth-order valence-electron chi connectivity index (χ4n) is 1.83. The highest BCUT2D eigenvalue weighted by Crippen LogP contribution is 2.28. The summed E-state index contributed by atoms with van der Waals surface area (Å²) in [7, 11) is 0. The minimum Gasteiger partial charge on any atom is -0.452 e. The first kappa shape index (κ1) is 18.4. The smallest absolute Gasteiger partial charge is 0.340 e. The Kier molecular flexibility index (Phi) is 5.94. The molecule has 0 aliphatic carbocycles. The van der Waals surface area contributed by atoms with Crippen LogP contribution in [-0.4, -0.2) is 18.5 Å². The molecule has 0 spiro atoms. The number of amides is 1. The minimum atomic E-state index is -0.797. The molecule has 0 radical (unpaired) electrons. The van der Waals surface area contributed by atoms with Crippen LogP contribution in [0.3, 0.4) is 0 Å². The summed E-state index contributed by atoms with van der Waals surface area (Å²) in [5.74, 6) is -1.32. The predicted molar refractivity (Wildman–Crippen MR) is 96.0 cm³/mol. The van der Waals surface area contributed by atoms with E-state index >= 15 is 0 Å². The lowest BCUT2D eigenvalue weighted by Gasteiger charge is -2.10. The van der Waals surface area contributed by atoms with Crippen LogP contribution in [0, 0.1) is 6.92 Å². The molecule has 0 aliphatic heterocycles. The van der Waals surface area contributed by atoms with Crippen LogP contribution in [0.4, 0.5) is 11.4 Å². The molecule has 1 amide bonds. The van der Waals surface area contributed by atoms with Crippen molar-refractivity contribution in [3.63, 3.8) is 0 Å². The van der Waals surface area contributed by atoms with Gasteiger partial charge >= 0.3 is 5.97 Å². The second-order valence-electron chi connectivity index (χ2n) is 4.94. The average Bonchev–Trinajstić information content (AvgIpc) is 2.52. The van der Waals surface area contributed by atoms with Gasteiger partial charge in [-0.3, -0.25) is 4.79 Å². The molecule has 0 saturated carbocycles. The number of anilines is 2. The molecule has 3 N–H and O–H groups in total. The summed E-state index contributed by atoms with van der Waals surface area (Å²) >= 11 is 17.7. The molecule has 0 aliphatic rings. The van der Waals surface area contributed by atoms with E-state index in [-0.39, 0.29) is 21.3 Å². The lowest BCUT2D eigenvalue weighted by atomic mass is 10.2. The zero-order chi connectivity index (χ0) is 17.9. The van der Waals surface area contributed by atoms with Gasteiger partial charge in [-0.15, -0.1) is 0 Å². The quantitative estimate of drug-likeness (QED) is 0.604.